The number of amides is 3. The maximum Gasteiger partial charge on any atom is 0.315 e. The maximum atomic E-state index is 12.9. The van der Waals surface area contributed by atoms with Crippen LogP contribution in [0.1, 0.15) is 69.4 Å². The van der Waals surface area contributed by atoms with Gasteiger partial charge in [-0.2, -0.15) is 16.7 Å². The van der Waals surface area contributed by atoms with Gasteiger partial charge in [0.15, 0.2) is 0 Å². The Kier molecular flexibility index (Phi) is 8.47. The molecule has 0 spiro atoms. The molecular formula is C33H41N7O3S. The first-order chi connectivity index (χ1) is 21.5. The van der Waals surface area contributed by atoms with Crippen molar-refractivity contribution in [1.29, 1.82) is 0 Å². The summed E-state index contributed by atoms with van der Waals surface area (Å²) in [4.78, 5) is 46.1. The zero-order chi connectivity index (χ0) is 30.0. The van der Waals surface area contributed by atoms with Crippen molar-refractivity contribution in [1.82, 2.24) is 30.5 Å². The molecule has 3 aromatic rings. The highest BCUT2D eigenvalue weighted by atomic mass is 32.2. The number of aryl methyl sites for hydroxylation is 1. The Labute approximate surface area is 261 Å². The summed E-state index contributed by atoms with van der Waals surface area (Å²) in [6, 6.07) is 12.4. The van der Waals surface area contributed by atoms with E-state index in [2.05, 4.69) is 38.4 Å². The van der Waals surface area contributed by atoms with Crippen molar-refractivity contribution in [2.24, 2.45) is 11.8 Å². The molecule has 6 unspecified atom stereocenters. The topological polar surface area (TPSA) is 130 Å². The molecule has 4 N–H and O–H groups in total. The largest absolute Gasteiger partial charge is 0.356 e. The van der Waals surface area contributed by atoms with Gasteiger partial charge < -0.3 is 21.3 Å². The molecule has 4 aliphatic rings. The van der Waals surface area contributed by atoms with Crippen LogP contribution in [0.15, 0.2) is 47.4 Å². The van der Waals surface area contributed by atoms with Crippen LogP contribution in [0.3, 0.4) is 0 Å². The Bertz CT molecular complexity index is 1580. The van der Waals surface area contributed by atoms with Crippen LogP contribution >= 0.6 is 11.8 Å². The fraction of sp³-hybridized carbons (Fsp3) is 0.545. The lowest BCUT2D eigenvalue weighted by molar-refractivity contribution is -0.121. The molecule has 232 valence electrons. The number of pyridine rings is 1. The van der Waals surface area contributed by atoms with E-state index in [1.165, 1.54) is 24.8 Å². The van der Waals surface area contributed by atoms with Crippen molar-refractivity contribution in [2.45, 2.75) is 87.6 Å². The molecular weight excluding hydrogens is 574 g/mol. The Balaban J connectivity index is 0.847. The third-order valence-corrected chi connectivity index (χ3v) is 11.5. The lowest BCUT2D eigenvalue weighted by Gasteiger charge is -2.25. The number of carbonyl (C=O) groups excluding carboxylic acids is 2. The average Bonchev–Trinajstić information content (AvgIpc) is 3.81. The van der Waals surface area contributed by atoms with Gasteiger partial charge in [0.05, 0.1) is 12.1 Å². The smallest absolute Gasteiger partial charge is 0.315 e. The lowest BCUT2D eigenvalue weighted by atomic mass is 9.95. The van der Waals surface area contributed by atoms with Gasteiger partial charge in [-0.25, -0.2) is 9.78 Å². The molecule has 6 atom stereocenters. The number of hydrogen-bond donors (Lipinski definition) is 4. The summed E-state index contributed by atoms with van der Waals surface area (Å²) in [7, 11) is 0. The molecule has 2 aromatic heterocycles. The Morgan fingerprint density at radius 1 is 1.02 bits per heavy atom. The zero-order valence-electron chi connectivity index (χ0n) is 25.0. The SMILES string of the molecule is O=C(CCCCC1SCC2NC(=O)NC21)NCCCc1ccc(Nc2ncc3ccc(=O)n(C4CC5CCC4C5)c3n2)cc1. The summed E-state index contributed by atoms with van der Waals surface area (Å²) >= 11 is 1.92. The minimum atomic E-state index is -0.0494. The van der Waals surface area contributed by atoms with Gasteiger partial charge in [0.2, 0.25) is 11.9 Å². The summed E-state index contributed by atoms with van der Waals surface area (Å²) in [5.41, 5.74) is 2.84. The number of hydrogen-bond acceptors (Lipinski definition) is 7. The molecule has 44 heavy (non-hydrogen) atoms. The number of thioether (sulfide) groups is 1. The Morgan fingerprint density at radius 2 is 1.91 bits per heavy atom. The van der Waals surface area contributed by atoms with Gasteiger partial charge >= 0.3 is 6.03 Å². The first-order valence-corrected chi connectivity index (χ1v) is 17.2. The van der Waals surface area contributed by atoms with Crippen LogP contribution in [-0.2, 0) is 11.2 Å². The number of aromatic nitrogens is 3. The second kappa shape index (κ2) is 12.8. The number of carbonyl (C=O) groups is 2. The first-order valence-electron chi connectivity index (χ1n) is 16.2. The zero-order valence-corrected chi connectivity index (χ0v) is 25.8. The number of unbranched alkanes of at least 4 members (excludes halogenated alkanes) is 1. The van der Waals surface area contributed by atoms with E-state index in [0.29, 0.717) is 35.7 Å². The van der Waals surface area contributed by atoms with Crippen molar-refractivity contribution >= 4 is 46.4 Å². The van der Waals surface area contributed by atoms with Crippen LogP contribution in [-0.4, -0.2) is 56.1 Å². The van der Waals surface area contributed by atoms with Crippen LogP contribution < -0.4 is 26.8 Å². The van der Waals surface area contributed by atoms with E-state index in [0.717, 1.165) is 61.3 Å². The monoisotopic (exact) mass is 615 g/mol. The molecule has 2 aliphatic heterocycles. The molecule has 11 heteroatoms. The Morgan fingerprint density at radius 3 is 2.73 bits per heavy atom. The predicted octanol–water partition coefficient (Wildman–Crippen LogP) is 4.67. The molecule has 7 rings (SSSR count). The highest BCUT2D eigenvalue weighted by Gasteiger charge is 2.43. The minimum Gasteiger partial charge on any atom is -0.356 e. The van der Waals surface area contributed by atoms with Gasteiger partial charge in [-0.05, 0) is 80.5 Å². The van der Waals surface area contributed by atoms with E-state index in [9.17, 15) is 14.4 Å². The summed E-state index contributed by atoms with van der Waals surface area (Å²) in [5.74, 6) is 2.88. The van der Waals surface area contributed by atoms with Crippen LogP contribution in [0.25, 0.3) is 11.0 Å². The number of nitrogens with zero attached hydrogens (tertiary/aromatic N) is 3. The van der Waals surface area contributed by atoms with E-state index in [1.54, 1.807) is 12.3 Å². The summed E-state index contributed by atoms with van der Waals surface area (Å²) in [6.45, 7) is 0.661. The highest BCUT2D eigenvalue weighted by Crippen LogP contribution is 2.50. The van der Waals surface area contributed by atoms with E-state index < -0.39 is 0 Å². The van der Waals surface area contributed by atoms with Crippen LogP contribution in [0.4, 0.5) is 16.4 Å². The first kappa shape index (κ1) is 29.1. The molecule has 3 amide bonds. The van der Waals surface area contributed by atoms with Crippen LogP contribution in [0.5, 0.6) is 0 Å². The second-order valence-electron chi connectivity index (χ2n) is 12.9. The van der Waals surface area contributed by atoms with E-state index >= 15 is 0 Å². The molecule has 0 radical (unpaired) electrons. The highest BCUT2D eigenvalue weighted by molar-refractivity contribution is 8.00. The molecule has 1 aromatic carbocycles. The number of benzene rings is 1. The normalized spacial score (nSPS) is 26.9. The molecule has 4 heterocycles. The quantitative estimate of drug-likeness (QED) is 0.172. The van der Waals surface area contributed by atoms with Crippen molar-refractivity contribution < 1.29 is 9.59 Å². The molecule has 2 bridgehead atoms. The number of fused-ring (bicyclic) bond motifs is 4. The maximum absolute atomic E-state index is 12.9. The molecule has 10 nitrogen and oxygen atoms in total. The van der Waals surface area contributed by atoms with E-state index in [4.69, 9.17) is 4.98 Å². The molecule has 2 aliphatic carbocycles. The van der Waals surface area contributed by atoms with Crippen molar-refractivity contribution in [3.05, 3.63) is 58.5 Å². The summed E-state index contributed by atoms with van der Waals surface area (Å²) in [6.07, 6.45) is 11.8. The second-order valence-corrected chi connectivity index (χ2v) is 14.2. The fourth-order valence-corrected chi connectivity index (χ4v) is 9.26. The van der Waals surface area contributed by atoms with Gasteiger partial charge in [-0.15, -0.1) is 0 Å². The predicted molar refractivity (Wildman–Crippen MR) is 173 cm³/mol. The third-order valence-electron chi connectivity index (χ3n) is 9.95. The minimum absolute atomic E-state index is 0.0240. The summed E-state index contributed by atoms with van der Waals surface area (Å²) in [5, 5.41) is 13.7. The number of rotatable bonds is 12. The van der Waals surface area contributed by atoms with Crippen LogP contribution in [0.2, 0.25) is 0 Å². The van der Waals surface area contributed by atoms with Gasteiger partial charge in [-0.1, -0.05) is 25.0 Å². The number of anilines is 2. The van der Waals surface area contributed by atoms with E-state index in [-0.39, 0.29) is 35.6 Å². The standard InChI is InChI=1S/C33H41N7O3S/c41-28(6-2-1-5-27-30-25(19-44-27)37-33(43)38-30)34-15-3-4-20-8-12-24(13-9-20)36-32-35-18-23-11-14-29(42)40(31(23)39-32)26-17-21-7-10-22(26)16-21/h8-9,11-14,18,21-22,25-27,30H,1-7,10,15-17,19H2,(H,34,41)(H,35,36,39)(H2,37,38,43). The number of nitrogens with one attached hydrogen (secondary N) is 4. The van der Waals surface area contributed by atoms with Gasteiger partial charge in [0.1, 0.15) is 5.65 Å². The molecule has 2 saturated heterocycles. The lowest BCUT2D eigenvalue weighted by Crippen LogP contribution is -2.36. The Hall–Kier alpha value is -3.60. The molecule has 2 saturated carbocycles. The molecule has 4 fully saturated rings. The van der Waals surface area contributed by atoms with Crippen molar-refractivity contribution in [3.63, 3.8) is 0 Å². The van der Waals surface area contributed by atoms with Crippen molar-refractivity contribution in [3.8, 4) is 0 Å². The van der Waals surface area contributed by atoms with Gasteiger partial charge in [0, 0.05) is 53.3 Å². The third kappa shape index (κ3) is 6.29. The van der Waals surface area contributed by atoms with Gasteiger partial charge in [-0.3, -0.25) is 14.2 Å². The van der Waals surface area contributed by atoms with Gasteiger partial charge in [0.25, 0.3) is 5.56 Å². The van der Waals surface area contributed by atoms with Crippen LogP contribution in [0, 0.1) is 11.8 Å². The average molecular weight is 616 g/mol. The summed E-state index contributed by atoms with van der Waals surface area (Å²) < 4.78 is 1.92. The number of urea groups is 1. The van der Waals surface area contributed by atoms with Crippen molar-refractivity contribution in [2.75, 3.05) is 17.6 Å². The fourth-order valence-electron chi connectivity index (χ4n) is 7.71. The van der Waals surface area contributed by atoms with E-state index in [1.807, 2.05) is 34.5 Å².